The molecule has 1 fully saturated rings. The van der Waals surface area contributed by atoms with Crippen molar-refractivity contribution < 1.29 is 5.11 Å². The van der Waals surface area contributed by atoms with Crippen LogP contribution < -0.4 is 5.56 Å². The van der Waals surface area contributed by atoms with Gasteiger partial charge >= 0.3 is 0 Å². The van der Waals surface area contributed by atoms with Crippen LogP contribution in [-0.2, 0) is 0 Å². The molecule has 2 rings (SSSR count). The van der Waals surface area contributed by atoms with Crippen molar-refractivity contribution in [2.24, 2.45) is 0 Å². The van der Waals surface area contributed by atoms with Gasteiger partial charge in [-0.3, -0.25) is 9.69 Å². The predicted molar refractivity (Wildman–Crippen MR) is 64.0 cm³/mol. The Bertz CT molecular complexity index is 446. The molecule has 1 aromatic heterocycles. The molecule has 1 saturated heterocycles. The van der Waals surface area contributed by atoms with Crippen molar-refractivity contribution in [3.63, 3.8) is 0 Å². The van der Waals surface area contributed by atoms with E-state index in [0.717, 1.165) is 18.1 Å². The quantitative estimate of drug-likeness (QED) is 0.749. The lowest BCUT2D eigenvalue weighted by molar-refractivity contribution is 0.261. The first-order valence-corrected chi connectivity index (χ1v) is 6.33. The maximum atomic E-state index is 11.5. The van der Waals surface area contributed by atoms with Crippen LogP contribution in [0.5, 0.6) is 5.88 Å². The summed E-state index contributed by atoms with van der Waals surface area (Å²) < 4.78 is 0. The second kappa shape index (κ2) is 4.47. The number of nitrogens with one attached hydrogen (secondary N) is 1. The highest BCUT2D eigenvalue weighted by atomic mass is 32.2. The molecule has 1 aliphatic rings. The summed E-state index contributed by atoms with van der Waals surface area (Å²) in [5, 5.41) is 9.54. The van der Waals surface area contributed by atoms with E-state index in [-0.39, 0.29) is 23.0 Å². The molecule has 6 heteroatoms. The second-order valence-electron chi connectivity index (χ2n) is 3.97. The minimum absolute atomic E-state index is 0.0814. The molecule has 88 valence electrons. The topological polar surface area (TPSA) is 69.2 Å². The molecule has 2 heterocycles. The SMILES string of the molecule is Cc1c(O)nc(C2CSCCN2C)[nH]c1=O. The number of hydrogen-bond acceptors (Lipinski definition) is 5. The number of aromatic nitrogens is 2. The van der Waals surface area contributed by atoms with Gasteiger partial charge in [-0.15, -0.1) is 0 Å². The van der Waals surface area contributed by atoms with E-state index in [9.17, 15) is 9.90 Å². The molecule has 1 atom stereocenters. The van der Waals surface area contributed by atoms with Crippen molar-refractivity contribution in [1.82, 2.24) is 14.9 Å². The molecule has 16 heavy (non-hydrogen) atoms. The normalized spacial score (nSPS) is 22.2. The van der Waals surface area contributed by atoms with Crippen molar-refractivity contribution >= 4 is 11.8 Å². The van der Waals surface area contributed by atoms with Gasteiger partial charge in [0.25, 0.3) is 5.56 Å². The minimum atomic E-state index is -0.258. The number of aromatic amines is 1. The van der Waals surface area contributed by atoms with Gasteiger partial charge in [-0.25, -0.2) is 0 Å². The van der Waals surface area contributed by atoms with E-state index in [2.05, 4.69) is 14.9 Å². The van der Waals surface area contributed by atoms with Gasteiger partial charge in [0.05, 0.1) is 11.6 Å². The van der Waals surface area contributed by atoms with Gasteiger partial charge in [-0.2, -0.15) is 16.7 Å². The fourth-order valence-corrected chi connectivity index (χ4v) is 2.89. The Morgan fingerprint density at radius 1 is 1.62 bits per heavy atom. The molecule has 1 unspecified atom stereocenters. The minimum Gasteiger partial charge on any atom is -0.493 e. The number of aromatic hydroxyl groups is 1. The molecule has 0 saturated carbocycles. The number of rotatable bonds is 1. The van der Waals surface area contributed by atoms with Crippen molar-refractivity contribution in [3.8, 4) is 5.88 Å². The van der Waals surface area contributed by atoms with Crippen LogP contribution in [0.4, 0.5) is 0 Å². The lowest BCUT2D eigenvalue weighted by Crippen LogP contribution is -2.35. The molecule has 0 spiro atoms. The molecule has 1 aromatic rings. The van der Waals surface area contributed by atoms with Crippen LogP contribution in [0.2, 0.25) is 0 Å². The van der Waals surface area contributed by atoms with Gasteiger partial charge in [0, 0.05) is 18.1 Å². The summed E-state index contributed by atoms with van der Waals surface area (Å²) in [5.74, 6) is 2.38. The highest BCUT2D eigenvalue weighted by molar-refractivity contribution is 7.99. The van der Waals surface area contributed by atoms with E-state index in [0.29, 0.717) is 5.82 Å². The standard InChI is InChI=1S/C10H15N3O2S/c1-6-9(14)11-8(12-10(6)15)7-5-16-4-3-13(7)2/h7H,3-5H2,1-2H3,(H2,11,12,14,15). The van der Waals surface area contributed by atoms with Crippen LogP contribution in [0.3, 0.4) is 0 Å². The first kappa shape index (κ1) is 11.5. The van der Waals surface area contributed by atoms with E-state index in [1.54, 1.807) is 6.92 Å². The fourth-order valence-electron chi connectivity index (χ4n) is 1.67. The molecule has 1 aliphatic heterocycles. The molecule has 2 N–H and O–H groups in total. The monoisotopic (exact) mass is 241 g/mol. The molecule has 0 amide bonds. The lowest BCUT2D eigenvalue weighted by atomic mass is 10.2. The Balaban J connectivity index is 2.36. The van der Waals surface area contributed by atoms with Crippen LogP contribution in [0, 0.1) is 6.92 Å². The molecule has 0 aliphatic carbocycles. The maximum absolute atomic E-state index is 11.5. The zero-order valence-electron chi connectivity index (χ0n) is 9.36. The van der Waals surface area contributed by atoms with Gasteiger partial charge in [-0.05, 0) is 14.0 Å². The second-order valence-corrected chi connectivity index (χ2v) is 5.12. The van der Waals surface area contributed by atoms with Crippen LogP contribution in [0.1, 0.15) is 17.4 Å². The number of H-pyrrole nitrogens is 1. The molecular weight excluding hydrogens is 226 g/mol. The summed E-state index contributed by atoms with van der Waals surface area (Å²) in [4.78, 5) is 20.5. The molecule has 0 radical (unpaired) electrons. The van der Waals surface area contributed by atoms with Crippen molar-refractivity contribution in [3.05, 3.63) is 21.7 Å². The summed E-state index contributed by atoms with van der Waals surface area (Å²) in [6, 6.07) is 0.0814. The number of hydrogen-bond donors (Lipinski definition) is 2. The number of thioether (sulfide) groups is 1. The summed E-state index contributed by atoms with van der Waals surface area (Å²) in [7, 11) is 2.00. The van der Waals surface area contributed by atoms with Gasteiger partial charge in [0.15, 0.2) is 0 Å². The zero-order chi connectivity index (χ0) is 11.7. The Kier molecular flexibility index (Phi) is 3.20. The Morgan fingerprint density at radius 3 is 3.00 bits per heavy atom. The van der Waals surface area contributed by atoms with Crippen molar-refractivity contribution in [2.75, 3.05) is 25.1 Å². The van der Waals surface area contributed by atoms with Crippen LogP contribution in [0.25, 0.3) is 0 Å². The lowest BCUT2D eigenvalue weighted by Gasteiger charge is -2.31. The highest BCUT2D eigenvalue weighted by Gasteiger charge is 2.24. The fraction of sp³-hybridized carbons (Fsp3) is 0.600. The zero-order valence-corrected chi connectivity index (χ0v) is 10.2. The van der Waals surface area contributed by atoms with E-state index < -0.39 is 0 Å². The average Bonchev–Trinajstić information content (AvgIpc) is 2.26. The Morgan fingerprint density at radius 2 is 2.38 bits per heavy atom. The first-order chi connectivity index (χ1) is 7.59. The van der Waals surface area contributed by atoms with Gasteiger partial charge in [0.1, 0.15) is 5.82 Å². The van der Waals surface area contributed by atoms with E-state index >= 15 is 0 Å². The third kappa shape index (κ3) is 2.08. The van der Waals surface area contributed by atoms with Crippen molar-refractivity contribution in [2.45, 2.75) is 13.0 Å². The molecule has 5 nitrogen and oxygen atoms in total. The molecule has 0 aromatic carbocycles. The van der Waals surface area contributed by atoms with Crippen molar-refractivity contribution in [1.29, 1.82) is 0 Å². The highest BCUT2D eigenvalue weighted by Crippen LogP contribution is 2.26. The van der Waals surface area contributed by atoms with Crippen LogP contribution in [-0.4, -0.2) is 45.1 Å². The molecule has 0 bridgehead atoms. The maximum Gasteiger partial charge on any atom is 0.257 e. The largest absolute Gasteiger partial charge is 0.493 e. The first-order valence-electron chi connectivity index (χ1n) is 5.17. The third-order valence-corrected chi connectivity index (χ3v) is 3.88. The summed E-state index contributed by atoms with van der Waals surface area (Å²) in [6.45, 7) is 2.53. The van der Waals surface area contributed by atoms with Gasteiger partial charge < -0.3 is 10.1 Å². The molecular formula is C10H15N3O2S. The predicted octanol–water partition coefficient (Wildman–Crippen LogP) is 0.504. The smallest absolute Gasteiger partial charge is 0.257 e. The summed E-state index contributed by atoms with van der Waals surface area (Å²) in [5.41, 5.74) is 0.0151. The van der Waals surface area contributed by atoms with Crippen LogP contribution in [0.15, 0.2) is 4.79 Å². The van der Waals surface area contributed by atoms with E-state index in [1.807, 2.05) is 18.8 Å². The third-order valence-electron chi connectivity index (χ3n) is 2.86. The van der Waals surface area contributed by atoms with Gasteiger partial charge in [-0.1, -0.05) is 0 Å². The number of nitrogens with zero attached hydrogens (tertiary/aromatic N) is 2. The summed E-state index contributed by atoms with van der Waals surface area (Å²) >= 11 is 1.83. The summed E-state index contributed by atoms with van der Waals surface area (Å²) in [6.07, 6.45) is 0. The van der Waals surface area contributed by atoms with Crippen LogP contribution >= 0.6 is 11.8 Å². The Hall–Kier alpha value is -1.01. The van der Waals surface area contributed by atoms with E-state index in [1.165, 1.54) is 0 Å². The van der Waals surface area contributed by atoms with E-state index in [4.69, 9.17) is 0 Å². The van der Waals surface area contributed by atoms with Gasteiger partial charge in [0.2, 0.25) is 5.88 Å². The average molecular weight is 241 g/mol. The Labute approximate surface area is 97.9 Å².